The van der Waals surface area contributed by atoms with Crippen molar-refractivity contribution in [2.75, 3.05) is 26.2 Å². The lowest BCUT2D eigenvalue weighted by Crippen LogP contribution is -2.46. The van der Waals surface area contributed by atoms with E-state index in [-0.39, 0.29) is 6.04 Å². The first kappa shape index (κ1) is 17.0. The first-order valence-corrected chi connectivity index (χ1v) is 8.20. The second kappa shape index (κ2) is 7.36. The van der Waals surface area contributed by atoms with Gasteiger partial charge in [-0.25, -0.2) is 0 Å². The van der Waals surface area contributed by atoms with Crippen LogP contribution in [0.2, 0.25) is 0 Å². The van der Waals surface area contributed by atoms with Crippen LogP contribution >= 0.6 is 0 Å². The van der Waals surface area contributed by atoms with Gasteiger partial charge in [0.25, 0.3) is 0 Å². The van der Waals surface area contributed by atoms with E-state index in [1.54, 1.807) is 12.1 Å². The van der Waals surface area contributed by atoms with Gasteiger partial charge in [0, 0.05) is 32.2 Å². The fourth-order valence-electron chi connectivity index (χ4n) is 3.31. The molecule has 0 spiro atoms. The number of halogens is 3. The molecule has 0 saturated carbocycles. The summed E-state index contributed by atoms with van der Waals surface area (Å²) in [6.07, 6.45) is -3.76. The molecule has 1 fully saturated rings. The molecule has 1 saturated heterocycles. The van der Waals surface area contributed by atoms with Crippen LogP contribution in [-0.4, -0.2) is 31.1 Å². The van der Waals surface area contributed by atoms with Crippen LogP contribution in [0.4, 0.5) is 13.2 Å². The Balaban J connectivity index is 1.98. The normalized spacial score (nSPS) is 17.6. The van der Waals surface area contributed by atoms with Crippen molar-refractivity contribution in [1.82, 2.24) is 10.2 Å². The van der Waals surface area contributed by atoms with Gasteiger partial charge in [-0.3, -0.25) is 4.90 Å². The lowest BCUT2D eigenvalue weighted by atomic mass is 9.92. The molecule has 1 aliphatic rings. The first-order chi connectivity index (χ1) is 11.6. The van der Waals surface area contributed by atoms with Crippen molar-refractivity contribution in [2.24, 2.45) is 0 Å². The number of rotatable bonds is 4. The van der Waals surface area contributed by atoms with Gasteiger partial charge in [0.15, 0.2) is 0 Å². The van der Waals surface area contributed by atoms with Crippen molar-refractivity contribution in [2.45, 2.75) is 18.6 Å². The van der Waals surface area contributed by atoms with Gasteiger partial charge in [-0.2, -0.15) is 13.2 Å². The Hall–Kier alpha value is -1.85. The van der Waals surface area contributed by atoms with Gasteiger partial charge in [-0.1, -0.05) is 48.5 Å². The summed E-state index contributed by atoms with van der Waals surface area (Å²) < 4.78 is 40.5. The summed E-state index contributed by atoms with van der Waals surface area (Å²) in [6.45, 7) is 3.12. The van der Waals surface area contributed by atoms with Gasteiger partial charge in [0.05, 0.1) is 5.56 Å². The van der Waals surface area contributed by atoms with Gasteiger partial charge in [0.1, 0.15) is 0 Å². The molecule has 2 aromatic rings. The summed E-state index contributed by atoms with van der Waals surface area (Å²) >= 11 is 0. The zero-order chi connectivity index (χ0) is 17.0. The van der Waals surface area contributed by atoms with Crippen LogP contribution in [0.15, 0.2) is 54.6 Å². The predicted molar refractivity (Wildman–Crippen MR) is 88.8 cm³/mol. The summed E-state index contributed by atoms with van der Waals surface area (Å²) in [5.41, 5.74) is 0.901. The van der Waals surface area contributed by atoms with E-state index in [2.05, 4.69) is 10.2 Å². The molecule has 2 nitrogen and oxygen atoms in total. The standard InChI is InChI=1S/C19H21F3N2/c20-19(21,22)17-9-5-4-8-16(17)18(24-12-10-23-11-13-24)14-15-6-2-1-3-7-15/h1-9,18,23H,10-14H2. The lowest BCUT2D eigenvalue weighted by Gasteiger charge is -2.36. The molecule has 0 radical (unpaired) electrons. The molecule has 1 atom stereocenters. The van der Waals surface area contributed by atoms with Gasteiger partial charge in [-0.15, -0.1) is 0 Å². The molecular weight excluding hydrogens is 313 g/mol. The van der Waals surface area contributed by atoms with Crippen molar-refractivity contribution in [3.05, 3.63) is 71.3 Å². The molecule has 1 N–H and O–H groups in total. The molecular formula is C19H21F3N2. The molecule has 1 heterocycles. The van der Waals surface area contributed by atoms with E-state index in [9.17, 15) is 13.2 Å². The molecule has 1 aliphatic heterocycles. The molecule has 0 aliphatic carbocycles. The third-order valence-corrected chi connectivity index (χ3v) is 4.49. The maximum absolute atomic E-state index is 13.5. The number of nitrogens with one attached hydrogen (secondary N) is 1. The number of nitrogens with zero attached hydrogens (tertiary/aromatic N) is 1. The first-order valence-electron chi connectivity index (χ1n) is 8.20. The Morgan fingerprint density at radius 1 is 0.917 bits per heavy atom. The summed E-state index contributed by atoms with van der Waals surface area (Å²) in [5.74, 6) is 0. The SMILES string of the molecule is FC(F)(F)c1ccccc1C(Cc1ccccc1)N1CCNCC1. The van der Waals surface area contributed by atoms with Gasteiger partial charge in [0.2, 0.25) is 0 Å². The monoisotopic (exact) mass is 334 g/mol. The van der Waals surface area contributed by atoms with Gasteiger partial charge < -0.3 is 5.32 Å². The Bertz CT molecular complexity index is 649. The van der Waals surface area contributed by atoms with E-state index in [0.29, 0.717) is 12.0 Å². The summed E-state index contributed by atoms with van der Waals surface area (Å²) in [5, 5.41) is 3.27. The second-order valence-electron chi connectivity index (χ2n) is 6.08. The Morgan fingerprint density at radius 2 is 1.54 bits per heavy atom. The van der Waals surface area contributed by atoms with Gasteiger partial charge in [-0.05, 0) is 23.6 Å². The molecule has 0 bridgehead atoms. The van der Waals surface area contributed by atoms with Crippen molar-refractivity contribution in [3.8, 4) is 0 Å². The Morgan fingerprint density at radius 3 is 2.21 bits per heavy atom. The topological polar surface area (TPSA) is 15.3 Å². The molecule has 2 aromatic carbocycles. The van der Waals surface area contributed by atoms with E-state index < -0.39 is 11.7 Å². The Kier molecular flexibility index (Phi) is 5.21. The van der Waals surface area contributed by atoms with E-state index in [1.807, 2.05) is 30.3 Å². The molecule has 5 heteroatoms. The van der Waals surface area contributed by atoms with Crippen molar-refractivity contribution < 1.29 is 13.2 Å². The summed E-state index contributed by atoms with van der Waals surface area (Å²) in [4.78, 5) is 2.16. The predicted octanol–water partition coefficient (Wildman–Crippen LogP) is 3.89. The van der Waals surface area contributed by atoms with E-state index >= 15 is 0 Å². The summed E-state index contributed by atoms with van der Waals surface area (Å²) in [6, 6.07) is 15.4. The van der Waals surface area contributed by atoms with Crippen LogP contribution in [0.25, 0.3) is 0 Å². The third-order valence-electron chi connectivity index (χ3n) is 4.49. The molecule has 0 aromatic heterocycles. The largest absolute Gasteiger partial charge is 0.416 e. The molecule has 0 amide bonds. The number of benzene rings is 2. The highest BCUT2D eigenvalue weighted by atomic mass is 19.4. The number of piperazine rings is 1. The summed E-state index contributed by atoms with van der Waals surface area (Å²) in [7, 11) is 0. The Labute approximate surface area is 140 Å². The van der Waals surface area contributed by atoms with Crippen molar-refractivity contribution in [3.63, 3.8) is 0 Å². The molecule has 128 valence electrons. The van der Waals surface area contributed by atoms with Crippen LogP contribution < -0.4 is 5.32 Å². The maximum atomic E-state index is 13.5. The lowest BCUT2D eigenvalue weighted by molar-refractivity contribution is -0.138. The highest BCUT2D eigenvalue weighted by Gasteiger charge is 2.36. The van der Waals surface area contributed by atoms with Gasteiger partial charge >= 0.3 is 6.18 Å². The van der Waals surface area contributed by atoms with Crippen molar-refractivity contribution in [1.29, 1.82) is 0 Å². The van der Waals surface area contributed by atoms with Crippen LogP contribution in [0.5, 0.6) is 0 Å². The molecule has 24 heavy (non-hydrogen) atoms. The smallest absolute Gasteiger partial charge is 0.314 e. The average Bonchev–Trinajstić information content (AvgIpc) is 2.61. The van der Waals surface area contributed by atoms with Crippen LogP contribution in [-0.2, 0) is 12.6 Å². The quantitative estimate of drug-likeness (QED) is 0.912. The zero-order valence-corrected chi connectivity index (χ0v) is 13.4. The number of hydrogen-bond donors (Lipinski definition) is 1. The fraction of sp³-hybridized carbons (Fsp3) is 0.368. The minimum Gasteiger partial charge on any atom is -0.314 e. The zero-order valence-electron chi connectivity index (χ0n) is 13.4. The van der Waals surface area contributed by atoms with E-state index in [1.165, 1.54) is 12.1 Å². The second-order valence-corrected chi connectivity index (χ2v) is 6.08. The van der Waals surface area contributed by atoms with Crippen LogP contribution in [0.1, 0.15) is 22.7 Å². The van der Waals surface area contributed by atoms with Crippen LogP contribution in [0.3, 0.4) is 0 Å². The fourth-order valence-corrected chi connectivity index (χ4v) is 3.31. The van der Waals surface area contributed by atoms with E-state index in [4.69, 9.17) is 0 Å². The molecule has 1 unspecified atom stereocenters. The molecule has 3 rings (SSSR count). The minimum atomic E-state index is -4.33. The van der Waals surface area contributed by atoms with E-state index in [0.717, 1.165) is 31.7 Å². The van der Waals surface area contributed by atoms with Crippen molar-refractivity contribution >= 4 is 0 Å². The minimum absolute atomic E-state index is 0.271. The number of alkyl halides is 3. The maximum Gasteiger partial charge on any atom is 0.416 e. The van der Waals surface area contributed by atoms with Crippen LogP contribution in [0, 0.1) is 0 Å². The number of hydrogen-bond acceptors (Lipinski definition) is 2. The average molecular weight is 334 g/mol. The third kappa shape index (κ3) is 3.97. The highest BCUT2D eigenvalue weighted by Crippen LogP contribution is 2.37. The highest BCUT2D eigenvalue weighted by molar-refractivity contribution is 5.34.